The zero-order chi connectivity index (χ0) is 16.4. The molecule has 0 bridgehead atoms. The van der Waals surface area contributed by atoms with E-state index in [9.17, 15) is 8.42 Å². The molecule has 1 aromatic heterocycles. The Balaban J connectivity index is 2.23. The third-order valence-electron chi connectivity index (χ3n) is 3.45. The van der Waals surface area contributed by atoms with Gasteiger partial charge in [-0.15, -0.1) is 16.2 Å². The Kier molecular flexibility index (Phi) is 4.61. The van der Waals surface area contributed by atoms with E-state index in [1.807, 2.05) is 29.9 Å². The van der Waals surface area contributed by atoms with Crippen LogP contribution in [0.15, 0.2) is 62.7 Å². The van der Waals surface area contributed by atoms with Crippen LogP contribution >= 0.6 is 23.1 Å². The number of sulfonamides is 1. The Bertz CT molecular complexity index is 1000. The van der Waals surface area contributed by atoms with E-state index in [-0.39, 0.29) is 4.90 Å². The second kappa shape index (κ2) is 6.51. The SMILES string of the molecule is CCn1c(=NS(=O)(=O)c2ccccc2)sc2cc(SC)ccc21. The third kappa shape index (κ3) is 3.22. The molecule has 0 unspecified atom stereocenters. The van der Waals surface area contributed by atoms with Crippen LogP contribution in [0.3, 0.4) is 0 Å². The molecule has 0 fully saturated rings. The van der Waals surface area contributed by atoms with Crippen LogP contribution in [0.1, 0.15) is 6.92 Å². The van der Waals surface area contributed by atoms with Crippen molar-refractivity contribution in [2.24, 2.45) is 4.40 Å². The lowest BCUT2D eigenvalue weighted by atomic mass is 10.3. The van der Waals surface area contributed by atoms with Crippen LogP contribution in [0.4, 0.5) is 0 Å². The van der Waals surface area contributed by atoms with Crippen molar-refractivity contribution in [3.63, 3.8) is 0 Å². The van der Waals surface area contributed by atoms with Crippen LogP contribution in [0, 0.1) is 0 Å². The average Bonchev–Trinajstić information content (AvgIpc) is 2.90. The molecule has 0 radical (unpaired) electrons. The minimum absolute atomic E-state index is 0.213. The van der Waals surface area contributed by atoms with Gasteiger partial charge in [-0.25, -0.2) is 0 Å². The van der Waals surface area contributed by atoms with E-state index >= 15 is 0 Å². The lowest BCUT2D eigenvalue weighted by Gasteiger charge is -2.01. The highest BCUT2D eigenvalue weighted by molar-refractivity contribution is 7.98. The number of nitrogens with zero attached hydrogens (tertiary/aromatic N) is 2. The van der Waals surface area contributed by atoms with Crippen LogP contribution in [0.5, 0.6) is 0 Å². The Labute approximate surface area is 143 Å². The van der Waals surface area contributed by atoms with E-state index in [4.69, 9.17) is 0 Å². The van der Waals surface area contributed by atoms with Crippen molar-refractivity contribution in [1.82, 2.24) is 4.57 Å². The number of hydrogen-bond acceptors (Lipinski definition) is 4. The number of benzene rings is 2. The maximum absolute atomic E-state index is 12.5. The van der Waals surface area contributed by atoms with Crippen molar-refractivity contribution in [2.75, 3.05) is 6.26 Å². The summed E-state index contributed by atoms with van der Waals surface area (Å²) in [7, 11) is -3.70. The largest absolute Gasteiger partial charge is 0.316 e. The van der Waals surface area contributed by atoms with E-state index < -0.39 is 10.0 Å². The molecule has 0 spiro atoms. The number of rotatable bonds is 4. The van der Waals surface area contributed by atoms with Gasteiger partial charge in [-0.3, -0.25) is 0 Å². The van der Waals surface area contributed by atoms with Gasteiger partial charge in [-0.1, -0.05) is 29.5 Å². The van der Waals surface area contributed by atoms with Gasteiger partial charge in [-0.2, -0.15) is 8.42 Å². The first-order valence-corrected chi connectivity index (χ1v) is 10.6. The molecule has 1 heterocycles. The van der Waals surface area contributed by atoms with Crippen LogP contribution in [-0.2, 0) is 16.6 Å². The van der Waals surface area contributed by atoms with E-state index in [2.05, 4.69) is 10.5 Å². The topological polar surface area (TPSA) is 51.4 Å². The molecule has 0 N–H and O–H groups in total. The summed E-state index contributed by atoms with van der Waals surface area (Å²) in [5.41, 5.74) is 1.01. The second-order valence-corrected chi connectivity index (χ2v) is 8.33. The average molecular weight is 365 g/mol. The van der Waals surface area contributed by atoms with Crippen molar-refractivity contribution < 1.29 is 8.42 Å². The second-order valence-electron chi connectivity index (χ2n) is 4.84. The molecular formula is C16H16N2O2S3. The minimum atomic E-state index is -3.70. The number of aromatic nitrogens is 1. The number of thiazole rings is 1. The quantitative estimate of drug-likeness (QED) is 0.663. The van der Waals surface area contributed by atoms with Crippen LogP contribution < -0.4 is 4.80 Å². The van der Waals surface area contributed by atoms with Crippen molar-refractivity contribution in [2.45, 2.75) is 23.3 Å². The summed E-state index contributed by atoms with van der Waals surface area (Å²) in [5.74, 6) is 0. The van der Waals surface area contributed by atoms with E-state index in [1.54, 1.807) is 42.1 Å². The number of fused-ring (bicyclic) bond motifs is 1. The molecule has 3 aromatic rings. The van der Waals surface area contributed by atoms with Crippen molar-refractivity contribution in [1.29, 1.82) is 0 Å². The van der Waals surface area contributed by atoms with Gasteiger partial charge >= 0.3 is 0 Å². The summed E-state index contributed by atoms with van der Waals surface area (Å²) >= 11 is 3.07. The molecule has 3 rings (SSSR count). The molecule has 2 aromatic carbocycles. The Morgan fingerprint density at radius 3 is 2.57 bits per heavy atom. The lowest BCUT2D eigenvalue weighted by molar-refractivity contribution is 0.595. The first-order valence-electron chi connectivity index (χ1n) is 7.08. The zero-order valence-electron chi connectivity index (χ0n) is 12.8. The number of thioether (sulfide) groups is 1. The summed E-state index contributed by atoms with van der Waals surface area (Å²) in [6.07, 6.45) is 2.02. The highest BCUT2D eigenvalue weighted by Gasteiger charge is 2.14. The van der Waals surface area contributed by atoms with Crippen LogP contribution in [0.25, 0.3) is 10.2 Å². The Morgan fingerprint density at radius 2 is 1.91 bits per heavy atom. The summed E-state index contributed by atoms with van der Waals surface area (Å²) in [6.45, 7) is 2.66. The molecule has 0 atom stereocenters. The van der Waals surface area contributed by atoms with Crippen molar-refractivity contribution >= 4 is 43.3 Å². The first kappa shape index (κ1) is 16.3. The molecule has 0 aliphatic heterocycles. The van der Waals surface area contributed by atoms with Gasteiger partial charge in [-0.05, 0) is 43.5 Å². The lowest BCUT2D eigenvalue weighted by Crippen LogP contribution is -2.16. The number of hydrogen-bond donors (Lipinski definition) is 0. The number of aryl methyl sites for hydroxylation is 1. The third-order valence-corrected chi connectivity index (χ3v) is 6.61. The molecule has 0 saturated carbocycles. The highest BCUT2D eigenvalue weighted by atomic mass is 32.2. The highest BCUT2D eigenvalue weighted by Crippen LogP contribution is 2.24. The molecule has 0 aliphatic carbocycles. The van der Waals surface area contributed by atoms with E-state index in [1.165, 1.54) is 11.3 Å². The fourth-order valence-corrected chi connectivity index (χ4v) is 5.18. The van der Waals surface area contributed by atoms with Gasteiger partial charge in [0, 0.05) is 11.4 Å². The normalized spacial score (nSPS) is 12.9. The molecule has 0 amide bonds. The predicted molar refractivity (Wildman–Crippen MR) is 96.5 cm³/mol. The van der Waals surface area contributed by atoms with Gasteiger partial charge in [0.1, 0.15) is 0 Å². The molecule has 7 heteroatoms. The molecule has 0 saturated heterocycles. The molecule has 23 heavy (non-hydrogen) atoms. The first-order chi connectivity index (χ1) is 11.0. The Morgan fingerprint density at radius 1 is 1.17 bits per heavy atom. The van der Waals surface area contributed by atoms with E-state index in [0.29, 0.717) is 11.3 Å². The van der Waals surface area contributed by atoms with Crippen LogP contribution in [-0.4, -0.2) is 19.2 Å². The molecular weight excluding hydrogens is 348 g/mol. The fraction of sp³-hybridized carbons (Fsp3) is 0.188. The maximum Gasteiger partial charge on any atom is 0.285 e. The van der Waals surface area contributed by atoms with Gasteiger partial charge in [0.2, 0.25) is 4.80 Å². The van der Waals surface area contributed by atoms with E-state index in [0.717, 1.165) is 15.1 Å². The smallest absolute Gasteiger partial charge is 0.285 e. The summed E-state index contributed by atoms with van der Waals surface area (Å²) in [4.78, 5) is 1.87. The van der Waals surface area contributed by atoms with Gasteiger partial charge in [0.15, 0.2) is 0 Å². The van der Waals surface area contributed by atoms with Gasteiger partial charge in [0.25, 0.3) is 10.0 Å². The molecule has 4 nitrogen and oxygen atoms in total. The monoisotopic (exact) mass is 364 g/mol. The standard InChI is InChI=1S/C16H16N2O2S3/c1-3-18-14-10-9-12(21-2)11-15(14)22-16(18)17-23(19,20)13-7-5-4-6-8-13/h4-11H,3H2,1-2H3. The summed E-state index contributed by atoms with van der Waals surface area (Å²) in [5, 5.41) is 0. The zero-order valence-corrected chi connectivity index (χ0v) is 15.2. The molecule has 0 aliphatic rings. The summed E-state index contributed by atoms with van der Waals surface area (Å²) < 4.78 is 32.0. The van der Waals surface area contributed by atoms with Crippen molar-refractivity contribution in [3.8, 4) is 0 Å². The fourth-order valence-electron chi connectivity index (χ4n) is 2.30. The van der Waals surface area contributed by atoms with Crippen LogP contribution in [0.2, 0.25) is 0 Å². The molecule has 120 valence electrons. The van der Waals surface area contributed by atoms with Crippen molar-refractivity contribution in [3.05, 3.63) is 53.3 Å². The summed E-state index contributed by atoms with van der Waals surface area (Å²) in [6, 6.07) is 14.5. The Hall–Kier alpha value is -1.57. The predicted octanol–water partition coefficient (Wildman–Crippen LogP) is 3.73. The van der Waals surface area contributed by atoms with Gasteiger partial charge < -0.3 is 4.57 Å². The minimum Gasteiger partial charge on any atom is -0.316 e. The maximum atomic E-state index is 12.5. The van der Waals surface area contributed by atoms with Gasteiger partial charge in [0.05, 0.1) is 15.1 Å².